The first-order chi connectivity index (χ1) is 6.02. The van der Waals surface area contributed by atoms with Gasteiger partial charge in [-0.25, -0.2) is 0 Å². The van der Waals surface area contributed by atoms with E-state index in [4.69, 9.17) is 14.6 Å². The molecule has 1 N–H and O–H groups in total. The van der Waals surface area contributed by atoms with E-state index >= 15 is 0 Å². The Kier molecular flexibility index (Phi) is 5.25. The number of Topliss-reactive ketones (excluding diaryl/α,β-unsaturated/α-hetero) is 1. The lowest BCUT2D eigenvalue weighted by Gasteiger charge is -2.19. The van der Waals surface area contributed by atoms with Crippen molar-refractivity contribution in [2.75, 3.05) is 14.2 Å². The van der Waals surface area contributed by atoms with Crippen LogP contribution in [-0.2, 0) is 19.1 Å². The van der Waals surface area contributed by atoms with Crippen LogP contribution >= 0.6 is 0 Å². The molecule has 76 valence electrons. The highest BCUT2D eigenvalue weighted by molar-refractivity contribution is 5.97. The van der Waals surface area contributed by atoms with Crippen molar-refractivity contribution in [3.05, 3.63) is 0 Å². The number of methoxy groups -OCH3 is 2. The molecule has 0 aromatic heterocycles. The van der Waals surface area contributed by atoms with Gasteiger partial charge in [-0.1, -0.05) is 0 Å². The van der Waals surface area contributed by atoms with Crippen molar-refractivity contribution in [2.45, 2.75) is 25.6 Å². The van der Waals surface area contributed by atoms with Crippen molar-refractivity contribution in [1.82, 2.24) is 0 Å². The van der Waals surface area contributed by atoms with Crippen molar-refractivity contribution in [1.29, 1.82) is 0 Å². The molecule has 0 spiro atoms. The first kappa shape index (κ1) is 12.1. The maximum Gasteiger partial charge on any atom is 0.310 e. The largest absolute Gasteiger partial charge is 0.481 e. The second kappa shape index (κ2) is 5.66. The predicted molar refractivity (Wildman–Crippen MR) is 44.5 cm³/mol. The van der Waals surface area contributed by atoms with E-state index in [2.05, 4.69) is 0 Å². The molecule has 5 heteroatoms. The number of carbonyl (C=O) groups excluding carboxylic acids is 1. The van der Waals surface area contributed by atoms with Gasteiger partial charge >= 0.3 is 5.97 Å². The Balaban J connectivity index is 4.22. The van der Waals surface area contributed by atoms with Gasteiger partial charge in [0.2, 0.25) is 0 Å². The standard InChI is InChI=1S/C8H14O5/c1-5(12-2)8(13-3)6(9)4-7(10)11/h5,8H,4H2,1-3H3,(H,10,11). The third-order valence-electron chi connectivity index (χ3n) is 1.69. The normalized spacial score (nSPS) is 15.0. The van der Waals surface area contributed by atoms with Gasteiger partial charge in [-0.2, -0.15) is 0 Å². The van der Waals surface area contributed by atoms with Gasteiger partial charge in [0.15, 0.2) is 5.78 Å². The van der Waals surface area contributed by atoms with Gasteiger partial charge in [0.1, 0.15) is 12.5 Å². The zero-order valence-corrected chi connectivity index (χ0v) is 7.94. The molecule has 13 heavy (non-hydrogen) atoms. The van der Waals surface area contributed by atoms with E-state index in [0.29, 0.717) is 0 Å². The number of ketones is 1. The summed E-state index contributed by atoms with van der Waals surface area (Å²) in [5.74, 6) is -1.64. The summed E-state index contributed by atoms with van der Waals surface area (Å²) in [7, 11) is 2.78. The molecule has 0 fully saturated rings. The fourth-order valence-electron chi connectivity index (χ4n) is 0.958. The molecule has 0 rings (SSSR count). The maximum absolute atomic E-state index is 11.2. The Bertz CT molecular complexity index is 189. The van der Waals surface area contributed by atoms with Crippen molar-refractivity contribution < 1.29 is 24.2 Å². The van der Waals surface area contributed by atoms with E-state index in [9.17, 15) is 9.59 Å². The summed E-state index contributed by atoms with van der Waals surface area (Å²) in [6.45, 7) is 1.65. The Morgan fingerprint density at radius 1 is 1.31 bits per heavy atom. The average molecular weight is 190 g/mol. The van der Waals surface area contributed by atoms with Gasteiger partial charge in [-0.3, -0.25) is 9.59 Å². The lowest BCUT2D eigenvalue weighted by molar-refractivity contribution is -0.146. The van der Waals surface area contributed by atoms with Gasteiger partial charge in [-0.15, -0.1) is 0 Å². The van der Waals surface area contributed by atoms with Crippen LogP contribution in [0.5, 0.6) is 0 Å². The van der Waals surface area contributed by atoms with Crippen LogP contribution in [0.3, 0.4) is 0 Å². The summed E-state index contributed by atoms with van der Waals surface area (Å²) in [6.07, 6.45) is -1.77. The first-order valence-corrected chi connectivity index (χ1v) is 3.83. The first-order valence-electron chi connectivity index (χ1n) is 3.83. The zero-order chi connectivity index (χ0) is 10.4. The quantitative estimate of drug-likeness (QED) is 0.600. The molecule has 0 aliphatic heterocycles. The molecule has 0 aliphatic carbocycles. The summed E-state index contributed by atoms with van der Waals surface area (Å²) < 4.78 is 9.69. The maximum atomic E-state index is 11.2. The van der Waals surface area contributed by atoms with Crippen LogP contribution < -0.4 is 0 Å². The minimum Gasteiger partial charge on any atom is -0.481 e. The number of hydrogen-bond donors (Lipinski definition) is 1. The molecule has 0 radical (unpaired) electrons. The lowest BCUT2D eigenvalue weighted by Crippen LogP contribution is -2.36. The highest BCUT2D eigenvalue weighted by Crippen LogP contribution is 2.05. The van der Waals surface area contributed by atoms with Gasteiger partial charge in [0.25, 0.3) is 0 Å². The molecule has 0 aromatic rings. The number of ether oxygens (including phenoxy) is 2. The molecular weight excluding hydrogens is 176 g/mol. The number of carboxylic acid groups (broad SMARTS) is 1. The van der Waals surface area contributed by atoms with Gasteiger partial charge < -0.3 is 14.6 Å². The second-order valence-corrected chi connectivity index (χ2v) is 2.63. The Morgan fingerprint density at radius 3 is 2.15 bits per heavy atom. The monoisotopic (exact) mass is 190 g/mol. The summed E-state index contributed by atoms with van der Waals surface area (Å²) >= 11 is 0. The van der Waals surface area contributed by atoms with E-state index in [1.807, 2.05) is 0 Å². The zero-order valence-electron chi connectivity index (χ0n) is 7.94. The smallest absolute Gasteiger partial charge is 0.310 e. The second-order valence-electron chi connectivity index (χ2n) is 2.63. The van der Waals surface area contributed by atoms with Crippen LogP contribution in [0, 0.1) is 0 Å². The number of carboxylic acids is 1. The molecule has 5 nitrogen and oxygen atoms in total. The Hall–Kier alpha value is -0.940. The topological polar surface area (TPSA) is 72.8 Å². The summed E-state index contributed by atoms with van der Waals surface area (Å²) in [5, 5.41) is 8.37. The van der Waals surface area contributed by atoms with Crippen molar-refractivity contribution in [3.63, 3.8) is 0 Å². The molecule has 0 saturated heterocycles. The molecular formula is C8H14O5. The summed E-state index contributed by atoms with van der Waals surface area (Å²) in [5.41, 5.74) is 0. The van der Waals surface area contributed by atoms with Crippen LogP contribution in [0.1, 0.15) is 13.3 Å². The fourth-order valence-corrected chi connectivity index (χ4v) is 0.958. The highest BCUT2D eigenvalue weighted by atomic mass is 16.5. The van der Waals surface area contributed by atoms with Gasteiger partial charge in [-0.05, 0) is 6.92 Å². The average Bonchev–Trinajstić information content (AvgIpc) is 2.03. The predicted octanol–water partition coefficient (Wildman–Crippen LogP) is 0.0801. The molecule has 2 atom stereocenters. The molecule has 0 aromatic carbocycles. The van der Waals surface area contributed by atoms with Gasteiger partial charge in [0.05, 0.1) is 6.10 Å². The van der Waals surface area contributed by atoms with E-state index in [1.165, 1.54) is 14.2 Å². The molecule has 0 heterocycles. The molecule has 0 amide bonds. The van der Waals surface area contributed by atoms with Crippen LogP contribution in [0.25, 0.3) is 0 Å². The number of carbonyl (C=O) groups is 2. The van der Waals surface area contributed by atoms with Crippen LogP contribution in [0.2, 0.25) is 0 Å². The third-order valence-corrected chi connectivity index (χ3v) is 1.69. The van der Waals surface area contributed by atoms with Crippen LogP contribution in [-0.4, -0.2) is 43.3 Å². The van der Waals surface area contributed by atoms with E-state index in [0.717, 1.165) is 0 Å². The van der Waals surface area contributed by atoms with Crippen molar-refractivity contribution >= 4 is 11.8 Å². The van der Waals surface area contributed by atoms with Crippen molar-refractivity contribution in [2.24, 2.45) is 0 Å². The van der Waals surface area contributed by atoms with Gasteiger partial charge in [0, 0.05) is 14.2 Å². The molecule has 0 saturated carbocycles. The minimum atomic E-state index is -1.16. The Labute approximate surface area is 76.6 Å². The number of hydrogen-bond acceptors (Lipinski definition) is 4. The third kappa shape index (κ3) is 4.00. The summed E-state index contributed by atoms with van der Waals surface area (Å²) in [4.78, 5) is 21.4. The Morgan fingerprint density at radius 2 is 1.85 bits per heavy atom. The molecule has 0 aliphatic rings. The molecule has 2 unspecified atom stereocenters. The lowest BCUT2D eigenvalue weighted by atomic mass is 10.1. The summed E-state index contributed by atoms with van der Waals surface area (Å²) in [6, 6.07) is 0. The molecule has 0 bridgehead atoms. The van der Waals surface area contributed by atoms with Crippen LogP contribution in [0.4, 0.5) is 0 Å². The minimum absolute atomic E-state index is 0.433. The van der Waals surface area contributed by atoms with Crippen molar-refractivity contribution in [3.8, 4) is 0 Å². The van der Waals surface area contributed by atoms with Crippen LogP contribution in [0.15, 0.2) is 0 Å². The SMILES string of the molecule is COC(C)C(OC)C(=O)CC(=O)O. The fraction of sp³-hybridized carbons (Fsp3) is 0.750. The number of rotatable bonds is 6. The van der Waals surface area contributed by atoms with E-state index in [-0.39, 0.29) is 0 Å². The van der Waals surface area contributed by atoms with E-state index in [1.54, 1.807) is 6.92 Å². The number of aliphatic carboxylic acids is 1. The highest BCUT2D eigenvalue weighted by Gasteiger charge is 2.26. The van der Waals surface area contributed by atoms with E-state index < -0.39 is 30.4 Å².